The summed E-state index contributed by atoms with van der Waals surface area (Å²) in [6, 6.07) is 0. The summed E-state index contributed by atoms with van der Waals surface area (Å²) in [4.78, 5) is 11.1. The third-order valence-corrected chi connectivity index (χ3v) is 1.98. The topological polar surface area (TPSA) is 64.3 Å². The van der Waals surface area contributed by atoms with E-state index >= 15 is 0 Å². The van der Waals surface area contributed by atoms with Crippen molar-refractivity contribution < 1.29 is 9.53 Å². The normalized spacial score (nSPS) is 15.8. The summed E-state index contributed by atoms with van der Waals surface area (Å²) in [7, 11) is 0. The van der Waals surface area contributed by atoms with Gasteiger partial charge in [0.2, 0.25) is 5.91 Å². The minimum Gasteiger partial charge on any atom is -0.380 e. The molecule has 1 aliphatic carbocycles. The second-order valence-electron chi connectivity index (χ2n) is 3.32. The molecule has 1 rings (SSSR count). The van der Waals surface area contributed by atoms with Gasteiger partial charge in [0.05, 0.1) is 6.61 Å². The molecule has 1 aliphatic rings. The van der Waals surface area contributed by atoms with Crippen molar-refractivity contribution in [2.45, 2.75) is 19.3 Å². The average molecular weight is 186 g/mol. The van der Waals surface area contributed by atoms with Gasteiger partial charge in [0.1, 0.15) is 0 Å². The van der Waals surface area contributed by atoms with Crippen LogP contribution in [0.2, 0.25) is 0 Å². The molecular weight excluding hydrogens is 168 g/mol. The van der Waals surface area contributed by atoms with E-state index in [1.807, 2.05) is 0 Å². The number of carbonyl (C=O) groups excluding carboxylic acids is 1. The van der Waals surface area contributed by atoms with Crippen molar-refractivity contribution >= 4 is 5.91 Å². The maximum Gasteiger partial charge on any atom is 0.223 e. The maximum absolute atomic E-state index is 11.1. The van der Waals surface area contributed by atoms with Gasteiger partial charge in [-0.2, -0.15) is 0 Å². The lowest BCUT2D eigenvalue weighted by molar-refractivity contribution is -0.122. The minimum atomic E-state index is 0.207. The van der Waals surface area contributed by atoms with E-state index in [-0.39, 0.29) is 5.91 Å². The lowest BCUT2D eigenvalue weighted by Gasteiger charge is -2.04. The van der Waals surface area contributed by atoms with Crippen LogP contribution in [0.5, 0.6) is 0 Å². The molecule has 0 spiro atoms. The molecule has 76 valence electrons. The zero-order valence-electron chi connectivity index (χ0n) is 7.92. The van der Waals surface area contributed by atoms with Gasteiger partial charge in [0.15, 0.2) is 0 Å². The molecule has 13 heavy (non-hydrogen) atoms. The van der Waals surface area contributed by atoms with E-state index in [4.69, 9.17) is 10.5 Å². The van der Waals surface area contributed by atoms with Crippen LogP contribution in [0.15, 0.2) is 0 Å². The predicted molar refractivity (Wildman–Crippen MR) is 50.2 cm³/mol. The molecule has 0 aliphatic heterocycles. The van der Waals surface area contributed by atoms with E-state index in [0.717, 1.165) is 25.8 Å². The van der Waals surface area contributed by atoms with E-state index in [1.165, 1.54) is 0 Å². The Kier molecular flexibility index (Phi) is 4.78. The molecule has 0 aromatic heterocycles. The molecule has 0 bridgehead atoms. The van der Waals surface area contributed by atoms with Gasteiger partial charge in [-0.3, -0.25) is 4.79 Å². The molecule has 0 unspecified atom stereocenters. The van der Waals surface area contributed by atoms with Crippen LogP contribution in [0.4, 0.5) is 0 Å². The highest BCUT2D eigenvalue weighted by Gasteiger charge is 2.28. The first-order valence-electron chi connectivity index (χ1n) is 4.90. The Morgan fingerprint density at radius 2 is 2.23 bits per heavy atom. The Hall–Kier alpha value is -0.610. The standard InChI is InChI=1S/C9H18N2O2/c10-4-7-13-6-1-5-11-9(12)8-2-3-8/h8H,1-7,10H2,(H,11,12). The van der Waals surface area contributed by atoms with E-state index in [2.05, 4.69) is 5.32 Å². The summed E-state index contributed by atoms with van der Waals surface area (Å²) in [6.45, 7) is 2.58. The van der Waals surface area contributed by atoms with Crippen molar-refractivity contribution in [2.24, 2.45) is 11.7 Å². The SMILES string of the molecule is NCCOCCCNC(=O)C1CC1. The fourth-order valence-corrected chi connectivity index (χ4v) is 1.06. The van der Waals surface area contributed by atoms with Gasteiger partial charge in [0.25, 0.3) is 0 Å². The van der Waals surface area contributed by atoms with Crippen LogP contribution in [0.25, 0.3) is 0 Å². The highest BCUT2D eigenvalue weighted by Crippen LogP contribution is 2.28. The molecule has 1 saturated carbocycles. The van der Waals surface area contributed by atoms with Crippen LogP contribution < -0.4 is 11.1 Å². The van der Waals surface area contributed by atoms with Gasteiger partial charge in [0, 0.05) is 25.6 Å². The lowest BCUT2D eigenvalue weighted by atomic mass is 10.3. The Labute approximate surface area is 78.8 Å². The van der Waals surface area contributed by atoms with Crippen LogP contribution >= 0.6 is 0 Å². The number of nitrogens with two attached hydrogens (primary N) is 1. The van der Waals surface area contributed by atoms with Crippen LogP contribution in [-0.2, 0) is 9.53 Å². The van der Waals surface area contributed by atoms with Gasteiger partial charge < -0.3 is 15.8 Å². The smallest absolute Gasteiger partial charge is 0.223 e. The number of amides is 1. The fraction of sp³-hybridized carbons (Fsp3) is 0.889. The van der Waals surface area contributed by atoms with Crippen LogP contribution in [0.3, 0.4) is 0 Å². The van der Waals surface area contributed by atoms with E-state index < -0.39 is 0 Å². The number of hydrogen-bond donors (Lipinski definition) is 2. The predicted octanol–water partition coefficient (Wildman–Crippen LogP) is -0.122. The molecule has 4 heteroatoms. The monoisotopic (exact) mass is 186 g/mol. The second-order valence-corrected chi connectivity index (χ2v) is 3.32. The molecule has 4 nitrogen and oxygen atoms in total. The van der Waals surface area contributed by atoms with Gasteiger partial charge in [-0.25, -0.2) is 0 Å². The third kappa shape index (κ3) is 4.85. The van der Waals surface area contributed by atoms with Gasteiger partial charge in [-0.15, -0.1) is 0 Å². The molecule has 0 aromatic rings. The lowest BCUT2D eigenvalue weighted by Crippen LogP contribution is -2.26. The average Bonchev–Trinajstić information content (AvgIpc) is 2.93. The fourth-order valence-electron chi connectivity index (χ4n) is 1.06. The first-order valence-corrected chi connectivity index (χ1v) is 4.90. The molecular formula is C9H18N2O2. The summed E-state index contributed by atoms with van der Waals surface area (Å²) < 4.78 is 5.16. The van der Waals surface area contributed by atoms with Crippen LogP contribution in [0.1, 0.15) is 19.3 Å². The third-order valence-electron chi connectivity index (χ3n) is 1.98. The van der Waals surface area contributed by atoms with E-state index in [9.17, 15) is 4.79 Å². The van der Waals surface area contributed by atoms with Crippen molar-refractivity contribution in [3.8, 4) is 0 Å². The van der Waals surface area contributed by atoms with Gasteiger partial charge in [-0.1, -0.05) is 0 Å². The van der Waals surface area contributed by atoms with E-state index in [0.29, 0.717) is 25.7 Å². The van der Waals surface area contributed by atoms with Gasteiger partial charge >= 0.3 is 0 Å². The number of ether oxygens (including phenoxy) is 1. The molecule has 1 amide bonds. The zero-order valence-corrected chi connectivity index (χ0v) is 7.92. The molecule has 0 saturated heterocycles. The highest BCUT2D eigenvalue weighted by molar-refractivity contribution is 5.80. The summed E-state index contributed by atoms with van der Waals surface area (Å²) in [5.74, 6) is 0.517. The van der Waals surface area contributed by atoms with E-state index in [1.54, 1.807) is 0 Å². The second kappa shape index (κ2) is 5.94. The summed E-state index contributed by atoms with van der Waals surface area (Å²) in [5.41, 5.74) is 5.24. The number of hydrogen-bond acceptors (Lipinski definition) is 3. The summed E-state index contributed by atoms with van der Waals surface area (Å²) in [6.07, 6.45) is 3.00. The first-order chi connectivity index (χ1) is 6.34. The Bertz CT molecular complexity index is 158. The molecule has 0 radical (unpaired) electrons. The summed E-state index contributed by atoms with van der Waals surface area (Å²) in [5, 5.41) is 2.87. The van der Waals surface area contributed by atoms with Crippen LogP contribution in [-0.4, -0.2) is 32.2 Å². The molecule has 0 atom stereocenters. The minimum absolute atomic E-state index is 0.207. The highest BCUT2D eigenvalue weighted by atomic mass is 16.5. The Balaban J connectivity index is 1.80. The van der Waals surface area contributed by atoms with Crippen molar-refractivity contribution in [2.75, 3.05) is 26.3 Å². The molecule has 3 N–H and O–H groups in total. The largest absolute Gasteiger partial charge is 0.380 e. The number of rotatable bonds is 7. The maximum atomic E-state index is 11.1. The molecule has 0 aromatic carbocycles. The number of nitrogens with one attached hydrogen (secondary N) is 1. The quantitative estimate of drug-likeness (QED) is 0.545. The molecule has 0 heterocycles. The van der Waals surface area contributed by atoms with Crippen LogP contribution in [0, 0.1) is 5.92 Å². The summed E-state index contributed by atoms with van der Waals surface area (Å²) >= 11 is 0. The van der Waals surface area contributed by atoms with Crippen molar-refractivity contribution in [1.29, 1.82) is 0 Å². The molecule has 1 fully saturated rings. The Morgan fingerprint density at radius 1 is 1.46 bits per heavy atom. The number of carbonyl (C=O) groups is 1. The van der Waals surface area contributed by atoms with Gasteiger partial charge in [-0.05, 0) is 19.3 Å². The first kappa shape index (κ1) is 10.5. The Morgan fingerprint density at radius 3 is 2.85 bits per heavy atom. The zero-order chi connectivity index (χ0) is 9.52. The van der Waals surface area contributed by atoms with Crippen molar-refractivity contribution in [1.82, 2.24) is 5.32 Å². The van der Waals surface area contributed by atoms with Crippen molar-refractivity contribution in [3.05, 3.63) is 0 Å². The van der Waals surface area contributed by atoms with Crippen molar-refractivity contribution in [3.63, 3.8) is 0 Å².